The minimum atomic E-state index is -0.627. The number of nitrogens with two attached hydrogens (primary N) is 2. The van der Waals surface area contributed by atoms with Gasteiger partial charge in [0.1, 0.15) is 12.4 Å². The summed E-state index contributed by atoms with van der Waals surface area (Å²) >= 11 is 5.63. The summed E-state index contributed by atoms with van der Waals surface area (Å²) in [6, 6.07) is 8.54. The molecule has 0 aliphatic rings. The fraction of sp³-hybridized carbons (Fsp3) is 0.0714. The lowest BCUT2D eigenvalue weighted by atomic mass is 10.2. The first-order valence-corrected chi connectivity index (χ1v) is 6.10. The molecule has 2 rings (SSSR count). The van der Waals surface area contributed by atoms with Crippen molar-refractivity contribution in [2.24, 2.45) is 0 Å². The van der Waals surface area contributed by atoms with Crippen LogP contribution in [0.1, 0.15) is 15.9 Å². The fourth-order valence-corrected chi connectivity index (χ4v) is 1.82. The predicted molar refractivity (Wildman–Crippen MR) is 75.8 cm³/mol. The van der Waals surface area contributed by atoms with E-state index >= 15 is 0 Å². The van der Waals surface area contributed by atoms with Crippen LogP contribution in [0.15, 0.2) is 36.4 Å². The Balaban J connectivity index is 2.08. The van der Waals surface area contributed by atoms with Crippen molar-refractivity contribution in [3.8, 4) is 0 Å². The summed E-state index contributed by atoms with van der Waals surface area (Å²) in [7, 11) is 0. The van der Waals surface area contributed by atoms with E-state index in [4.69, 9.17) is 27.8 Å². The number of rotatable bonds is 3. The predicted octanol–water partition coefficient (Wildman–Crippen LogP) is 3.00. The third-order valence-corrected chi connectivity index (χ3v) is 2.82. The number of anilines is 2. The average Bonchev–Trinajstić information content (AvgIpc) is 2.36. The number of hydrogen-bond acceptors (Lipinski definition) is 4. The first-order chi connectivity index (χ1) is 9.45. The lowest BCUT2D eigenvalue weighted by molar-refractivity contribution is 0.0469. The maximum absolute atomic E-state index is 13.5. The summed E-state index contributed by atoms with van der Waals surface area (Å²) in [6.45, 7) is -0.198. The molecule has 20 heavy (non-hydrogen) atoms. The Bertz CT molecular complexity index is 641. The van der Waals surface area contributed by atoms with Crippen molar-refractivity contribution < 1.29 is 13.9 Å². The molecule has 2 aromatic rings. The number of nitrogen functional groups attached to an aromatic ring is 2. The molecular weight excluding hydrogens is 283 g/mol. The molecule has 0 radical (unpaired) electrons. The monoisotopic (exact) mass is 294 g/mol. The first-order valence-electron chi connectivity index (χ1n) is 5.73. The molecule has 6 heteroatoms. The lowest BCUT2D eigenvalue weighted by Gasteiger charge is -2.07. The van der Waals surface area contributed by atoms with Gasteiger partial charge < -0.3 is 16.2 Å². The van der Waals surface area contributed by atoms with Crippen molar-refractivity contribution in [1.82, 2.24) is 0 Å². The van der Waals surface area contributed by atoms with Gasteiger partial charge in [0.2, 0.25) is 0 Å². The summed E-state index contributed by atoms with van der Waals surface area (Å²) in [6.07, 6.45) is 0. The van der Waals surface area contributed by atoms with Crippen LogP contribution in [0, 0.1) is 5.82 Å². The van der Waals surface area contributed by atoms with Crippen LogP contribution in [0.2, 0.25) is 5.02 Å². The van der Waals surface area contributed by atoms with Gasteiger partial charge in [-0.15, -0.1) is 0 Å². The fourth-order valence-electron chi connectivity index (χ4n) is 1.66. The number of hydrogen-bond donors (Lipinski definition) is 2. The van der Waals surface area contributed by atoms with E-state index in [-0.39, 0.29) is 22.8 Å². The summed E-state index contributed by atoms with van der Waals surface area (Å²) in [4.78, 5) is 11.8. The van der Waals surface area contributed by atoms with E-state index < -0.39 is 11.8 Å². The highest BCUT2D eigenvalue weighted by Gasteiger charge is 2.11. The topological polar surface area (TPSA) is 78.3 Å². The number of benzene rings is 2. The van der Waals surface area contributed by atoms with E-state index in [9.17, 15) is 9.18 Å². The van der Waals surface area contributed by atoms with E-state index in [1.807, 2.05) is 0 Å². The Hall–Kier alpha value is -2.27. The van der Waals surface area contributed by atoms with E-state index in [0.717, 1.165) is 6.07 Å². The normalized spacial score (nSPS) is 10.3. The lowest BCUT2D eigenvalue weighted by Crippen LogP contribution is -2.07. The highest BCUT2D eigenvalue weighted by Crippen LogP contribution is 2.18. The zero-order chi connectivity index (χ0) is 14.7. The van der Waals surface area contributed by atoms with Crippen LogP contribution in [0.4, 0.5) is 15.8 Å². The summed E-state index contributed by atoms with van der Waals surface area (Å²) in [5, 5.41) is 0.279. The summed E-state index contributed by atoms with van der Waals surface area (Å²) in [5.41, 5.74) is 12.3. The maximum Gasteiger partial charge on any atom is 0.338 e. The molecular formula is C14H12ClFN2O2. The Kier molecular flexibility index (Phi) is 4.10. The molecule has 2 aromatic carbocycles. The van der Waals surface area contributed by atoms with Crippen molar-refractivity contribution in [2.45, 2.75) is 6.61 Å². The van der Waals surface area contributed by atoms with Crippen molar-refractivity contribution in [1.29, 1.82) is 0 Å². The standard InChI is InChI=1S/C14H12ClFN2O2/c15-10-2-1-8(13(16)5-10)7-20-14(19)9-3-11(17)6-12(18)4-9/h1-6H,7,17-18H2. The Morgan fingerprint density at radius 3 is 2.40 bits per heavy atom. The van der Waals surface area contributed by atoms with Gasteiger partial charge in [-0.2, -0.15) is 0 Å². The number of halogens is 2. The molecule has 104 valence electrons. The number of carbonyl (C=O) groups excluding carboxylic acids is 1. The second-order valence-corrected chi connectivity index (χ2v) is 4.64. The van der Waals surface area contributed by atoms with Crippen LogP contribution >= 0.6 is 11.6 Å². The van der Waals surface area contributed by atoms with Crippen molar-refractivity contribution in [3.05, 3.63) is 58.4 Å². The van der Waals surface area contributed by atoms with Gasteiger partial charge in [-0.05, 0) is 30.3 Å². The third-order valence-electron chi connectivity index (χ3n) is 2.59. The maximum atomic E-state index is 13.5. The number of carbonyl (C=O) groups is 1. The summed E-state index contributed by atoms with van der Waals surface area (Å²) in [5.74, 6) is -1.16. The molecule has 0 amide bonds. The van der Waals surface area contributed by atoms with Crippen molar-refractivity contribution >= 4 is 28.9 Å². The molecule has 0 spiro atoms. The van der Waals surface area contributed by atoms with Crippen LogP contribution in [-0.2, 0) is 11.3 Å². The molecule has 0 bridgehead atoms. The minimum Gasteiger partial charge on any atom is -0.457 e. The largest absolute Gasteiger partial charge is 0.457 e. The zero-order valence-corrected chi connectivity index (χ0v) is 11.2. The molecule has 0 aliphatic heterocycles. The second kappa shape index (κ2) is 5.79. The van der Waals surface area contributed by atoms with Gasteiger partial charge in [-0.3, -0.25) is 0 Å². The average molecular weight is 295 g/mol. The van der Waals surface area contributed by atoms with Crippen molar-refractivity contribution in [2.75, 3.05) is 11.5 Å². The van der Waals surface area contributed by atoms with Gasteiger partial charge in [0.25, 0.3) is 0 Å². The number of esters is 1. The van der Waals surface area contributed by atoms with Gasteiger partial charge in [-0.25, -0.2) is 9.18 Å². The van der Waals surface area contributed by atoms with Gasteiger partial charge in [0.05, 0.1) is 5.56 Å². The number of ether oxygens (including phenoxy) is 1. The Labute approximate surface area is 120 Å². The van der Waals surface area contributed by atoms with Crippen LogP contribution in [-0.4, -0.2) is 5.97 Å². The van der Waals surface area contributed by atoms with Gasteiger partial charge in [-0.1, -0.05) is 17.7 Å². The molecule has 0 aromatic heterocycles. The van der Waals surface area contributed by atoms with E-state index in [1.54, 1.807) is 0 Å². The van der Waals surface area contributed by atoms with Crippen LogP contribution in [0.5, 0.6) is 0 Å². The minimum absolute atomic E-state index is 0.198. The van der Waals surface area contributed by atoms with Crippen LogP contribution in [0.25, 0.3) is 0 Å². The molecule has 0 fully saturated rings. The molecule has 0 unspecified atom stereocenters. The molecule has 4 nitrogen and oxygen atoms in total. The van der Waals surface area contributed by atoms with Gasteiger partial charge >= 0.3 is 5.97 Å². The van der Waals surface area contributed by atoms with Crippen LogP contribution in [0.3, 0.4) is 0 Å². The SMILES string of the molecule is Nc1cc(N)cc(C(=O)OCc2ccc(Cl)cc2F)c1. The second-order valence-electron chi connectivity index (χ2n) is 4.20. The summed E-state index contributed by atoms with van der Waals surface area (Å²) < 4.78 is 18.5. The van der Waals surface area contributed by atoms with Gasteiger partial charge in [0.15, 0.2) is 0 Å². The van der Waals surface area contributed by atoms with E-state index in [1.165, 1.54) is 30.3 Å². The molecule has 4 N–H and O–H groups in total. The Morgan fingerprint density at radius 1 is 1.15 bits per heavy atom. The molecule has 0 aliphatic carbocycles. The highest BCUT2D eigenvalue weighted by molar-refractivity contribution is 6.30. The molecule has 0 saturated carbocycles. The van der Waals surface area contributed by atoms with E-state index in [0.29, 0.717) is 11.4 Å². The van der Waals surface area contributed by atoms with Crippen molar-refractivity contribution in [3.63, 3.8) is 0 Å². The third kappa shape index (κ3) is 3.39. The zero-order valence-electron chi connectivity index (χ0n) is 10.4. The first kappa shape index (κ1) is 14.1. The molecule has 0 atom stereocenters. The molecule has 0 saturated heterocycles. The molecule has 0 heterocycles. The Morgan fingerprint density at radius 2 is 1.80 bits per heavy atom. The van der Waals surface area contributed by atoms with E-state index in [2.05, 4.69) is 0 Å². The smallest absolute Gasteiger partial charge is 0.338 e. The quantitative estimate of drug-likeness (QED) is 0.674. The highest BCUT2D eigenvalue weighted by atomic mass is 35.5. The van der Waals surface area contributed by atoms with Crippen LogP contribution < -0.4 is 11.5 Å². The van der Waals surface area contributed by atoms with Gasteiger partial charge in [0, 0.05) is 22.0 Å².